The summed E-state index contributed by atoms with van der Waals surface area (Å²) in [5.41, 5.74) is 0. The van der Waals surface area contributed by atoms with E-state index in [1.807, 2.05) is 6.07 Å². The lowest BCUT2D eigenvalue weighted by atomic mass is 10.4. The lowest BCUT2D eigenvalue weighted by Gasteiger charge is -2.26. The number of nitriles is 1. The molecule has 15 heavy (non-hydrogen) atoms. The maximum Gasteiger partial charge on any atom is 0.315 e. The minimum atomic E-state index is -0.287. The lowest BCUT2D eigenvalue weighted by molar-refractivity contribution is 0.0387. The Hall–Kier alpha value is -1.32. The van der Waals surface area contributed by atoms with E-state index in [-0.39, 0.29) is 12.6 Å². The van der Waals surface area contributed by atoms with Gasteiger partial charge < -0.3 is 15.4 Å². The molecule has 1 fully saturated rings. The van der Waals surface area contributed by atoms with E-state index < -0.39 is 0 Å². The van der Waals surface area contributed by atoms with Crippen molar-refractivity contribution in [3.8, 4) is 6.07 Å². The highest BCUT2D eigenvalue weighted by atomic mass is 16.5. The molecule has 0 aromatic heterocycles. The molecule has 1 heterocycles. The van der Waals surface area contributed by atoms with E-state index >= 15 is 0 Å². The minimum absolute atomic E-state index is 0.0450. The van der Waals surface area contributed by atoms with Gasteiger partial charge >= 0.3 is 6.03 Å². The Labute approximate surface area is 89.2 Å². The molecule has 0 unspecified atom stereocenters. The number of morpholine rings is 1. The Morgan fingerprint density at radius 1 is 1.40 bits per heavy atom. The summed E-state index contributed by atoms with van der Waals surface area (Å²) in [5.74, 6) is 0. The molecule has 0 aliphatic carbocycles. The van der Waals surface area contributed by atoms with Gasteiger partial charge in [-0.3, -0.25) is 4.90 Å². The second-order valence-electron chi connectivity index (χ2n) is 3.22. The number of nitrogens with one attached hydrogen (secondary N) is 2. The monoisotopic (exact) mass is 212 g/mol. The SMILES string of the molecule is N#CCNC(=O)NCCN1CCOCC1. The van der Waals surface area contributed by atoms with E-state index in [1.54, 1.807) is 0 Å². The molecule has 0 saturated carbocycles. The summed E-state index contributed by atoms with van der Waals surface area (Å²) in [6, 6.07) is 1.55. The van der Waals surface area contributed by atoms with Crippen LogP contribution < -0.4 is 10.6 Å². The van der Waals surface area contributed by atoms with Gasteiger partial charge in [-0.15, -0.1) is 0 Å². The smallest absolute Gasteiger partial charge is 0.315 e. The predicted molar refractivity (Wildman–Crippen MR) is 54.3 cm³/mol. The average Bonchev–Trinajstić information content (AvgIpc) is 2.28. The molecule has 0 bridgehead atoms. The van der Waals surface area contributed by atoms with Gasteiger partial charge in [-0.2, -0.15) is 5.26 Å². The van der Waals surface area contributed by atoms with Crippen molar-refractivity contribution in [1.82, 2.24) is 15.5 Å². The van der Waals surface area contributed by atoms with Gasteiger partial charge in [0.05, 0.1) is 19.3 Å². The summed E-state index contributed by atoms with van der Waals surface area (Å²) in [6.45, 7) is 4.83. The quantitative estimate of drug-likeness (QED) is 0.595. The van der Waals surface area contributed by atoms with E-state index in [9.17, 15) is 4.79 Å². The third-order valence-corrected chi connectivity index (χ3v) is 2.15. The van der Waals surface area contributed by atoms with Crippen molar-refractivity contribution in [3.05, 3.63) is 0 Å². The normalized spacial score (nSPS) is 16.7. The molecule has 2 N–H and O–H groups in total. The zero-order valence-electron chi connectivity index (χ0n) is 8.66. The molecule has 6 nitrogen and oxygen atoms in total. The van der Waals surface area contributed by atoms with Crippen molar-refractivity contribution in [1.29, 1.82) is 5.26 Å². The molecule has 0 atom stereocenters. The first-order chi connectivity index (χ1) is 7.33. The van der Waals surface area contributed by atoms with Crippen LogP contribution in [0.5, 0.6) is 0 Å². The largest absolute Gasteiger partial charge is 0.379 e. The number of ether oxygens (including phenoxy) is 1. The van der Waals surface area contributed by atoms with Gasteiger partial charge in [0.1, 0.15) is 6.54 Å². The second kappa shape index (κ2) is 7.04. The van der Waals surface area contributed by atoms with Crippen LogP contribution in [0.2, 0.25) is 0 Å². The molecule has 0 radical (unpaired) electrons. The molecule has 6 heteroatoms. The summed E-state index contributed by atoms with van der Waals surface area (Å²) in [6.07, 6.45) is 0. The van der Waals surface area contributed by atoms with Crippen molar-refractivity contribution >= 4 is 6.03 Å². The van der Waals surface area contributed by atoms with Gasteiger partial charge in [0, 0.05) is 26.2 Å². The van der Waals surface area contributed by atoms with Crippen LogP contribution in [0.15, 0.2) is 0 Å². The van der Waals surface area contributed by atoms with E-state index in [2.05, 4.69) is 15.5 Å². The van der Waals surface area contributed by atoms with Crippen LogP contribution in [-0.4, -0.2) is 56.9 Å². The zero-order valence-corrected chi connectivity index (χ0v) is 8.66. The number of hydrogen-bond acceptors (Lipinski definition) is 4. The predicted octanol–water partition coefficient (Wildman–Crippen LogP) is -0.859. The van der Waals surface area contributed by atoms with Gasteiger partial charge in [-0.1, -0.05) is 0 Å². The highest BCUT2D eigenvalue weighted by Gasteiger charge is 2.09. The first-order valence-electron chi connectivity index (χ1n) is 5.01. The number of rotatable bonds is 4. The van der Waals surface area contributed by atoms with Crippen molar-refractivity contribution in [2.45, 2.75) is 0 Å². The summed E-state index contributed by atoms with van der Waals surface area (Å²) in [5, 5.41) is 13.3. The maximum absolute atomic E-state index is 11.0. The second-order valence-corrected chi connectivity index (χ2v) is 3.22. The fourth-order valence-electron chi connectivity index (χ4n) is 1.33. The molecule has 0 aromatic rings. The Morgan fingerprint density at radius 3 is 2.80 bits per heavy atom. The lowest BCUT2D eigenvalue weighted by Crippen LogP contribution is -2.43. The molecule has 0 aromatic carbocycles. The highest BCUT2D eigenvalue weighted by Crippen LogP contribution is 1.94. The summed E-state index contributed by atoms with van der Waals surface area (Å²) in [4.78, 5) is 13.3. The maximum atomic E-state index is 11.0. The standard InChI is InChI=1S/C9H16N4O2/c10-1-2-11-9(14)12-3-4-13-5-7-15-8-6-13/h2-8H2,(H2,11,12,14). The molecule has 0 spiro atoms. The van der Waals surface area contributed by atoms with Gasteiger partial charge in [0.25, 0.3) is 0 Å². The number of nitrogens with zero attached hydrogens (tertiary/aromatic N) is 2. The van der Waals surface area contributed by atoms with Gasteiger partial charge in [0.15, 0.2) is 0 Å². The number of carbonyl (C=O) groups excluding carboxylic acids is 1. The number of urea groups is 1. The molecule has 2 amide bonds. The molecule has 1 aliphatic heterocycles. The molecular weight excluding hydrogens is 196 g/mol. The van der Waals surface area contributed by atoms with Gasteiger partial charge in [0.2, 0.25) is 0 Å². The third-order valence-electron chi connectivity index (χ3n) is 2.15. The zero-order chi connectivity index (χ0) is 10.9. The van der Waals surface area contributed by atoms with Crippen LogP contribution in [0.4, 0.5) is 4.79 Å². The van der Waals surface area contributed by atoms with Crippen LogP contribution in [0.3, 0.4) is 0 Å². The first-order valence-corrected chi connectivity index (χ1v) is 5.01. The number of hydrogen-bond donors (Lipinski definition) is 2. The summed E-state index contributed by atoms with van der Waals surface area (Å²) < 4.78 is 5.20. The van der Waals surface area contributed by atoms with E-state index in [1.165, 1.54) is 0 Å². The van der Waals surface area contributed by atoms with E-state index in [0.29, 0.717) is 6.54 Å². The Balaban J connectivity index is 2.00. The fourth-order valence-corrected chi connectivity index (χ4v) is 1.33. The molecule has 84 valence electrons. The summed E-state index contributed by atoms with van der Waals surface area (Å²) in [7, 11) is 0. The average molecular weight is 212 g/mol. The van der Waals surface area contributed by atoms with Gasteiger partial charge in [-0.05, 0) is 0 Å². The number of carbonyl (C=O) groups is 1. The third kappa shape index (κ3) is 5.20. The molecule has 1 saturated heterocycles. The Kier molecular flexibility index (Phi) is 5.51. The molecule has 1 rings (SSSR count). The van der Waals surface area contributed by atoms with Crippen LogP contribution >= 0.6 is 0 Å². The highest BCUT2D eigenvalue weighted by molar-refractivity contribution is 5.73. The minimum Gasteiger partial charge on any atom is -0.379 e. The summed E-state index contributed by atoms with van der Waals surface area (Å²) >= 11 is 0. The van der Waals surface area contributed by atoms with Gasteiger partial charge in [-0.25, -0.2) is 4.79 Å². The van der Waals surface area contributed by atoms with Crippen molar-refractivity contribution in [2.75, 3.05) is 45.9 Å². The van der Waals surface area contributed by atoms with E-state index in [4.69, 9.17) is 10.00 Å². The number of amides is 2. The topological polar surface area (TPSA) is 77.4 Å². The Morgan fingerprint density at radius 2 is 2.13 bits per heavy atom. The van der Waals surface area contributed by atoms with Crippen LogP contribution in [-0.2, 0) is 4.74 Å². The van der Waals surface area contributed by atoms with E-state index in [0.717, 1.165) is 32.8 Å². The van der Waals surface area contributed by atoms with Crippen molar-refractivity contribution < 1.29 is 9.53 Å². The fraction of sp³-hybridized carbons (Fsp3) is 0.778. The molecular formula is C9H16N4O2. The van der Waals surface area contributed by atoms with Crippen molar-refractivity contribution in [2.24, 2.45) is 0 Å². The Bertz CT molecular complexity index is 233. The first kappa shape index (κ1) is 11.8. The van der Waals surface area contributed by atoms with Crippen molar-refractivity contribution in [3.63, 3.8) is 0 Å². The molecule has 1 aliphatic rings. The van der Waals surface area contributed by atoms with Crippen LogP contribution in [0.25, 0.3) is 0 Å². The van der Waals surface area contributed by atoms with Crippen LogP contribution in [0, 0.1) is 11.3 Å². The van der Waals surface area contributed by atoms with Crippen LogP contribution in [0.1, 0.15) is 0 Å².